The normalized spacial score (nSPS) is 10.3. The molecule has 5 nitrogen and oxygen atoms in total. The molecule has 0 saturated carbocycles. The van der Waals surface area contributed by atoms with Crippen LogP contribution < -0.4 is 5.32 Å². The Morgan fingerprint density at radius 1 is 1.39 bits per heavy atom. The van der Waals surface area contributed by atoms with E-state index in [0.717, 1.165) is 10.6 Å². The van der Waals surface area contributed by atoms with Crippen molar-refractivity contribution >= 4 is 17.2 Å². The Morgan fingerprint density at radius 2 is 2.06 bits per heavy atom. The van der Waals surface area contributed by atoms with Gasteiger partial charge in [0.1, 0.15) is 17.1 Å². The molecular formula is C12H12N2O3S. The maximum absolute atomic E-state index is 11.8. The van der Waals surface area contributed by atoms with Gasteiger partial charge in [-0.15, -0.1) is 11.3 Å². The molecular weight excluding hydrogens is 252 g/mol. The largest absolute Gasteiger partial charge is 0.507 e. The van der Waals surface area contributed by atoms with E-state index in [2.05, 4.69) is 10.3 Å². The van der Waals surface area contributed by atoms with E-state index >= 15 is 0 Å². The van der Waals surface area contributed by atoms with E-state index in [1.165, 1.54) is 29.5 Å². The van der Waals surface area contributed by atoms with E-state index in [1.807, 2.05) is 6.92 Å². The summed E-state index contributed by atoms with van der Waals surface area (Å²) in [5.74, 6) is -1.000. The van der Waals surface area contributed by atoms with Crippen LogP contribution in [0.2, 0.25) is 0 Å². The van der Waals surface area contributed by atoms with E-state index in [4.69, 9.17) is 0 Å². The Kier molecular flexibility index (Phi) is 3.47. The SMILES string of the molecule is Cc1ncsc1CNC(=O)c1c(O)cccc1O. The van der Waals surface area contributed by atoms with Crippen molar-refractivity contribution in [3.63, 3.8) is 0 Å². The smallest absolute Gasteiger partial charge is 0.259 e. The molecule has 1 amide bonds. The lowest BCUT2D eigenvalue weighted by Gasteiger charge is -2.07. The fourth-order valence-electron chi connectivity index (χ4n) is 1.51. The molecule has 0 unspecified atom stereocenters. The van der Waals surface area contributed by atoms with Gasteiger partial charge in [-0.3, -0.25) is 4.79 Å². The Balaban J connectivity index is 2.11. The first-order valence-electron chi connectivity index (χ1n) is 5.27. The highest BCUT2D eigenvalue weighted by atomic mass is 32.1. The number of amides is 1. The van der Waals surface area contributed by atoms with Crippen molar-refractivity contribution in [2.75, 3.05) is 0 Å². The maximum atomic E-state index is 11.8. The molecule has 1 aromatic heterocycles. The molecule has 3 N–H and O–H groups in total. The standard InChI is InChI=1S/C12H12N2O3S/c1-7-10(18-6-14-7)5-13-12(17)11-8(15)3-2-4-9(11)16/h2-4,6,15-16H,5H2,1H3,(H,13,17). The van der Waals surface area contributed by atoms with Crippen LogP contribution in [0.5, 0.6) is 11.5 Å². The summed E-state index contributed by atoms with van der Waals surface area (Å²) >= 11 is 1.44. The molecule has 0 radical (unpaired) electrons. The summed E-state index contributed by atoms with van der Waals surface area (Å²) < 4.78 is 0. The third-order valence-corrected chi connectivity index (χ3v) is 3.44. The number of aromatic nitrogens is 1. The summed E-state index contributed by atoms with van der Waals surface area (Å²) in [5, 5.41) is 21.7. The van der Waals surface area contributed by atoms with Crippen LogP contribution in [0.3, 0.4) is 0 Å². The van der Waals surface area contributed by atoms with Gasteiger partial charge in [0.05, 0.1) is 17.7 Å². The van der Waals surface area contributed by atoms with Crippen LogP contribution in [-0.4, -0.2) is 21.1 Å². The number of phenolic OH excluding ortho intramolecular Hbond substituents is 2. The number of thiazole rings is 1. The molecule has 0 spiro atoms. The van der Waals surface area contributed by atoms with E-state index in [9.17, 15) is 15.0 Å². The number of aryl methyl sites for hydroxylation is 1. The lowest BCUT2D eigenvalue weighted by molar-refractivity contribution is 0.0946. The van der Waals surface area contributed by atoms with Crippen molar-refractivity contribution in [3.05, 3.63) is 39.8 Å². The molecule has 2 rings (SSSR count). The zero-order chi connectivity index (χ0) is 13.1. The van der Waals surface area contributed by atoms with Crippen LogP contribution in [-0.2, 0) is 6.54 Å². The molecule has 0 atom stereocenters. The highest BCUT2D eigenvalue weighted by Gasteiger charge is 2.16. The van der Waals surface area contributed by atoms with Gasteiger partial charge in [0.15, 0.2) is 0 Å². The summed E-state index contributed by atoms with van der Waals surface area (Å²) in [4.78, 5) is 16.9. The molecule has 0 aliphatic carbocycles. The lowest BCUT2D eigenvalue weighted by atomic mass is 10.1. The maximum Gasteiger partial charge on any atom is 0.259 e. The van der Waals surface area contributed by atoms with Gasteiger partial charge in [-0.1, -0.05) is 6.07 Å². The summed E-state index contributed by atoms with van der Waals surface area (Å²) in [5.41, 5.74) is 2.45. The van der Waals surface area contributed by atoms with Gasteiger partial charge in [0.25, 0.3) is 5.91 Å². The molecule has 0 aliphatic rings. The average Bonchev–Trinajstić information content (AvgIpc) is 2.72. The molecule has 0 fully saturated rings. The van der Waals surface area contributed by atoms with Gasteiger partial charge < -0.3 is 15.5 Å². The number of aromatic hydroxyl groups is 2. The van der Waals surface area contributed by atoms with E-state index in [1.54, 1.807) is 5.51 Å². The molecule has 1 heterocycles. The molecule has 6 heteroatoms. The van der Waals surface area contributed by atoms with Gasteiger partial charge in [0, 0.05) is 4.88 Å². The predicted octanol–water partition coefficient (Wildman–Crippen LogP) is 1.79. The third kappa shape index (κ3) is 2.43. The van der Waals surface area contributed by atoms with E-state index in [0.29, 0.717) is 6.54 Å². The molecule has 0 saturated heterocycles. The minimum atomic E-state index is -0.515. The Labute approximate surface area is 108 Å². The summed E-state index contributed by atoms with van der Waals surface area (Å²) in [6.45, 7) is 2.18. The summed E-state index contributed by atoms with van der Waals surface area (Å²) in [6, 6.07) is 4.17. The second-order valence-electron chi connectivity index (χ2n) is 3.71. The summed E-state index contributed by atoms with van der Waals surface area (Å²) in [7, 11) is 0. The van der Waals surface area contributed by atoms with Crippen molar-refractivity contribution in [3.8, 4) is 11.5 Å². The van der Waals surface area contributed by atoms with Crippen molar-refractivity contribution in [1.29, 1.82) is 0 Å². The van der Waals surface area contributed by atoms with Crippen molar-refractivity contribution in [1.82, 2.24) is 10.3 Å². The number of carbonyl (C=O) groups is 1. The highest BCUT2D eigenvalue weighted by Crippen LogP contribution is 2.26. The Morgan fingerprint density at radius 3 is 2.61 bits per heavy atom. The van der Waals surface area contributed by atoms with Gasteiger partial charge in [-0.25, -0.2) is 4.98 Å². The minimum absolute atomic E-state index is 0.111. The first kappa shape index (κ1) is 12.4. The molecule has 94 valence electrons. The van der Waals surface area contributed by atoms with Crippen molar-refractivity contribution in [2.24, 2.45) is 0 Å². The zero-order valence-electron chi connectivity index (χ0n) is 9.67. The van der Waals surface area contributed by atoms with Gasteiger partial charge >= 0.3 is 0 Å². The third-order valence-electron chi connectivity index (χ3n) is 2.50. The zero-order valence-corrected chi connectivity index (χ0v) is 10.5. The number of nitrogens with one attached hydrogen (secondary N) is 1. The highest BCUT2D eigenvalue weighted by molar-refractivity contribution is 7.09. The number of carbonyl (C=O) groups excluding carboxylic acids is 1. The number of benzene rings is 1. The second kappa shape index (κ2) is 5.05. The summed E-state index contributed by atoms with van der Waals surface area (Å²) in [6.07, 6.45) is 0. The monoisotopic (exact) mass is 264 g/mol. The number of phenols is 2. The van der Waals surface area contributed by atoms with Gasteiger partial charge in [-0.2, -0.15) is 0 Å². The number of rotatable bonds is 3. The second-order valence-corrected chi connectivity index (χ2v) is 4.65. The quantitative estimate of drug-likeness (QED) is 0.789. The van der Waals surface area contributed by atoms with Gasteiger partial charge in [0.2, 0.25) is 0 Å². The molecule has 2 aromatic rings. The van der Waals surface area contributed by atoms with E-state index in [-0.39, 0.29) is 17.1 Å². The van der Waals surface area contributed by atoms with Crippen LogP contribution in [0.15, 0.2) is 23.7 Å². The van der Waals surface area contributed by atoms with Crippen LogP contribution in [0.25, 0.3) is 0 Å². The molecule has 1 aromatic carbocycles. The molecule has 18 heavy (non-hydrogen) atoms. The van der Waals surface area contributed by atoms with E-state index < -0.39 is 5.91 Å². The topological polar surface area (TPSA) is 82.5 Å². The fourth-order valence-corrected chi connectivity index (χ4v) is 2.22. The first-order chi connectivity index (χ1) is 8.59. The average molecular weight is 264 g/mol. The van der Waals surface area contributed by atoms with Crippen LogP contribution in [0, 0.1) is 6.92 Å². The predicted molar refractivity (Wildman–Crippen MR) is 67.8 cm³/mol. The number of hydrogen-bond acceptors (Lipinski definition) is 5. The fraction of sp³-hybridized carbons (Fsp3) is 0.167. The van der Waals surface area contributed by atoms with Crippen LogP contribution >= 0.6 is 11.3 Å². The first-order valence-corrected chi connectivity index (χ1v) is 6.15. The Bertz CT molecular complexity index is 560. The van der Waals surface area contributed by atoms with Crippen molar-refractivity contribution in [2.45, 2.75) is 13.5 Å². The number of hydrogen-bond donors (Lipinski definition) is 3. The van der Waals surface area contributed by atoms with Crippen LogP contribution in [0.1, 0.15) is 20.9 Å². The van der Waals surface area contributed by atoms with Crippen LogP contribution in [0.4, 0.5) is 0 Å². The minimum Gasteiger partial charge on any atom is -0.507 e. The molecule has 0 bridgehead atoms. The van der Waals surface area contributed by atoms with Crippen molar-refractivity contribution < 1.29 is 15.0 Å². The molecule has 0 aliphatic heterocycles. The van der Waals surface area contributed by atoms with Gasteiger partial charge in [-0.05, 0) is 19.1 Å². The number of nitrogens with zero attached hydrogens (tertiary/aromatic N) is 1. The Hall–Kier alpha value is -2.08. The lowest BCUT2D eigenvalue weighted by Crippen LogP contribution is -2.22.